The predicted molar refractivity (Wildman–Crippen MR) is 135 cm³/mol. The van der Waals surface area contributed by atoms with Gasteiger partial charge in [-0.1, -0.05) is 32.8 Å². The zero-order valence-electron chi connectivity index (χ0n) is 22.1. The van der Waals surface area contributed by atoms with Gasteiger partial charge in [-0.2, -0.15) is 0 Å². The van der Waals surface area contributed by atoms with Gasteiger partial charge in [0, 0.05) is 29.6 Å². The summed E-state index contributed by atoms with van der Waals surface area (Å²) in [6.45, 7) is 16.7. The van der Waals surface area contributed by atoms with Crippen molar-refractivity contribution < 1.29 is 18.7 Å². The molecule has 0 N–H and O–H groups in total. The van der Waals surface area contributed by atoms with Gasteiger partial charge in [-0.05, 0) is 43.4 Å². The van der Waals surface area contributed by atoms with Crippen LogP contribution in [0.2, 0.25) is 18.1 Å². The number of hydrogen-bond acceptors (Lipinski definition) is 7. The lowest BCUT2D eigenvalue weighted by molar-refractivity contribution is -0.143. The Labute approximate surface area is 207 Å². The number of aryl methyl sites for hydroxylation is 1. The summed E-state index contributed by atoms with van der Waals surface area (Å²) in [5.74, 6) is -0.0627. The van der Waals surface area contributed by atoms with Gasteiger partial charge in [0.15, 0.2) is 8.32 Å². The van der Waals surface area contributed by atoms with Gasteiger partial charge in [0.1, 0.15) is 6.23 Å². The number of aromatic nitrogens is 2. The molecule has 0 aromatic carbocycles. The maximum atomic E-state index is 13.2. The lowest BCUT2D eigenvalue weighted by atomic mass is 9.99. The van der Waals surface area contributed by atoms with Crippen molar-refractivity contribution in [1.29, 1.82) is 0 Å². The highest BCUT2D eigenvalue weighted by molar-refractivity contribution is 6.74. The maximum Gasteiger partial charge on any atom is 0.333 e. The van der Waals surface area contributed by atoms with Crippen LogP contribution in [0, 0.1) is 12.8 Å². The summed E-state index contributed by atoms with van der Waals surface area (Å²) in [4.78, 5) is 40.5. The van der Waals surface area contributed by atoms with E-state index in [0.717, 1.165) is 4.57 Å². The minimum Gasteiger partial charge on any atom is -0.466 e. The molecular weight excluding hydrogens is 470 g/mol. The Kier molecular flexibility index (Phi) is 9.52. The van der Waals surface area contributed by atoms with Gasteiger partial charge >= 0.3 is 11.7 Å². The van der Waals surface area contributed by atoms with E-state index in [9.17, 15) is 14.4 Å². The van der Waals surface area contributed by atoms with Crippen LogP contribution in [0.25, 0.3) is 10.4 Å². The summed E-state index contributed by atoms with van der Waals surface area (Å²) >= 11 is 0. The van der Waals surface area contributed by atoms with Crippen molar-refractivity contribution in [1.82, 2.24) is 9.13 Å². The van der Waals surface area contributed by atoms with Crippen molar-refractivity contribution in [2.45, 2.75) is 97.4 Å². The number of carbonyl (C=O) groups excluding carboxylic acids is 1. The van der Waals surface area contributed by atoms with Gasteiger partial charge in [0.25, 0.3) is 5.56 Å². The van der Waals surface area contributed by atoms with Gasteiger partial charge in [-0.3, -0.25) is 18.7 Å². The third-order valence-electron chi connectivity index (χ3n) is 7.53. The molecule has 3 atom stereocenters. The molecule has 196 valence electrons. The second-order valence-corrected chi connectivity index (χ2v) is 14.9. The molecule has 0 bridgehead atoms. The van der Waals surface area contributed by atoms with Crippen LogP contribution < -0.4 is 11.2 Å². The normalized spacial score (nSPS) is 20.7. The third-order valence-corrected chi connectivity index (χ3v) is 12.1. The Morgan fingerprint density at radius 1 is 1.37 bits per heavy atom. The van der Waals surface area contributed by atoms with Crippen LogP contribution >= 0.6 is 0 Å². The molecule has 0 radical (unpaired) electrons. The summed E-state index contributed by atoms with van der Waals surface area (Å²) in [6.07, 6.45) is 0.359. The highest BCUT2D eigenvalue weighted by atomic mass is 28.4. The number of nitrogens with zero attached hydrogens (tertiary/aromatic N) is 5. The largest absolute Gasteiger partial charge is 0.466 e. The van der Waals surface area contributed by atoms with Gasteiger partial charge in [0.2, 0.25) is 0 Å². The molecule has 2 heterocycles. The fourth-order valence-electron chi connectivity index (χ4n) is 3.99. The number of rotatable bonds is 11. The van der Waals surface area contributed by atoms with Crippen molar-refractivity contribution in [3.05, 3.63) is 43.0 Å². The monoisotopic (exact) mass is 509 g/mol. The average Bonchev–Trinajstić information content (AvgIpc) is 3.17. The van der Waals surface area contributed by atoms with Gasteiger partial charge in [-0.15, -0.1) is 0 Å². The van der Waals surface area contributed by atoms with Crippen LogP contribution in [0.15, 0.2) is 20.9 Å². The first-order chi connectivity index (χ1) is 16.3. The third kappa shape index (κ3) is 6.43. The second kappa shape index (κ2) is 11.6. The van der Waals surface area contributed by atoms with Crippen LogP contribution in [-0.2, 0) is 25.2 Å². The van der Waals surface area contributed by atoms with Crippen LogP contribution in [0.4, 0.5) is 0 Å². The fraction of sp³-hybridized carbons (Fsp3) is 0.783. The fourth-order valence-corrected chi connectivity index (χ4v) is 6.34. The van der Waals surface area contributed by atoms with E-state index in [4.69, 9.17) is 19.4 Å². The zero-order valence-corrected chi connectivity index (χ0v) is 23.1. The minimum atomic E-state index is -2.15. The molecule has 1 aliphatic rings. The van der Waals surface area contributed by atoms with Crippen molar-refractivity contribution in [3.8, 4) is 0 Å². The Morgan fingerprint density at radius 3 is 2.60 bits per heavy atom. The highest BCUT2D eigenvalue weighted by Crippen LogP contribution is 2.45. The van der Waals surface area contributed by atoms with E-state index < -0.39 is 43.9 Å². The summed E-state index contributed by atoms with van der Waals surface area (Å²) in [6, 6.07) is -0.524. The summed E-state index contributed by atoms with van der Waals surface area (Å²) in [5, 5.41) is 3.90. The van der Waals surface area contributed by atoms with Crippen molar-refractivity contribution in [3.63, 3.8) is 0 Å². The van der Waals surface area contributed by atoms with E-state index in [1.54, 1.807) is 13.8 Å². The zero-order chi connectivity index (χ0) is 26.6. The second-order valence-electron chi connectivity index (χ2n) is 10.3. The van der Waals surface area contributed by atoms with Crippen molar-refractivity contribution in [2.75, 3.05) is 13.2 Å². The topological polar surface area (TPSA) is 138 Å². The molecule has 0 amide bonds. The van der Waals surface area contributed by atoms with E-state index in [-0.39, 0.29) is 37.6 Å². The predicted octanol–water partition coefficient (Wildman–Crippen LogP) is 3.90. The quantitative estimate of drug-likeness (QED) is 0.146. The standard InChI is InChI=1S/C23H39N5O6Si/c1-9-32-20(29)10-11-27-21(30)16(4)13-28(22(27)31)19-12-17(25-26-24)18(34-19)14-33-35(7,8)23(5,6)15(2)3/h13,15,17-19H,9-12,14H2,1-8H3/t17-,18+,19+/m0/s1. The molecular formula is C23H39N5O6Si. The number of carbonyl (C=O) groups is 1. The van der Waals surface area contributed by atoms with Gasteiger partial charge in [0.05, 0.1) is 31.8 Å². The van der Waals surface area contributed by atoms with Crippen LogP contribution in [0.5, 0.6) is 0 Å². The molecule has 0 spiro atoms. The first kappa shape index (κ1) is 28.8. The SMILES string of the molecule is CCOC(=O)CCn1c(=O)c(C)cn([C@H]2C[C@H](N=[N+]=[N-])[C@@H](CO[Si](C)(C)C(C)(C)C(C)C)O2)c1=O. The Bertz CT molecular complexity index is 1070. The van der Waals surface area contributed by atoms with E-state index in [0.29, 0.717) is 11.5 Å². The van der Waals surface area contributed by atoms with E-state index in [2.05, 4.69) is 50.8 Å². The summed E-state index contributed by atoms with van der Waals surface area (Å²) < 4.78 is 19.8. The molecule has 2 rings (SSSR count). The molecule has 0 aliphatic carbocycles. The first-order valence-electron chi connectivity index (χ1n) is 12.1. The Balaban J connectivity index is 2.29. The summed E-state index contributed by atoms with van der Waals surface area (Å²) in [7, 11) is -2.15. The number of azide groups is 1. The van der Waals surface area contributed by atoms with E-state index >= 15 is 0 Å². The van der Waals surface area contributed by atoms with Gasteiger partial charge in [-0.25, -0.2) is 4.79 Å². The molecule has 1 saturated heterocycles. The maximum absolute atomic E-state index is 13.2. The smallest absolute Gasteiger partial charge is 0.333 e. The lowest BCUT2D eigenvalue weighted by Crippen LogP contribution is -2.47. The molecule has 35 heavy (non-hydrogen) atoms. The first-order valence-corrected chi connectivity index (χ1v) is 15.0. The molecule has 1 aromatic heterocycles. The molecule has 1 fully saturated rings. The van der Waals surface area contributed by atoms with Crippen LogP contribution in [0.3, 0.4) is 0 Å². The molecule has 12 heteroatoms. The van der Waals surface area contributed by atoms with Crippen molar-refractivity contribution >= 4 is 14.3 Å². The lowest BCUT2D eigenvalue weighted by Gasteiger charge is -2.43. The Hall–Kier alpha value is -2.40. The van der Waals surface area contributed by atoms with Crippen LogP contribution in [0.1, 0.15) is 59.3 Å². The van der Waals surface area contributed by atoms with E-state index in [1.807, 2.05) is 0 Å². The Morgan fingerprint density at radius 2 is 2.03 bits per heavy atom. The average molecular weight is 510 g/mol. The molecule has 1 aromatic rings. The van der Waals surface area contributed by atoms with Gasteiger partial charge < -0.3 is 13.9 Å². The van der Waals surface area contributed by atoms with Crippen molar-refractivity contribution in [2.24, 2.45) is 11.0 Å². The molecule has 0 unspecified atom stereocenters. The molecule has 11 nitrogen and oxygen atoms in total. The minimum absolute atomic E-state index is 0.00146. The summed E-state index contributed by atoms with van der Waals surface area (Å²) in [5.41, 5.74) is 8.37. The number of ether oxygens (including phenoxy) is 2. The number of hydrogen-bond donors (Lipinski definition) is 0. The number of esters is 1. The van der Waals surface area contributed by atoms with Crippen LogP contribution in [-0.4, -0.2) is 48.8 Å². The molecule has 0 saturated carbocycles. The van der Waals surface area contributed by atoms with E-state index in [1.165, 1.54) is 10.8 Å². The molecule has 1 aliphatic heterocycles. The highest BCUT2D eigenvalue weighted by Gasteiger charge is 2.45.